The van der Waals surface area contributed by atoms with Crippen LogP contribution in [0.5, 0.6) is 11.5 Å². The van der Waals surface area contributed by atoms with E-state index >= 15 is 0 Å². The van der Waals surface area contributed by atoms with Gasteiger partial charge in [0.05, 0.1) is 35.7 Å². The van der Waals surface area contributed by atoms with E-state index in [0.29, 0.717) is 72.5 Å². The molecule has 2 aromatic carbocycles. The molecule has 0 radical (unpaired) electrons. The van der Waals surface area contributed by atoms with E-state index < -0.39 is 5.91 Å². The molecule has 0 unspecified atom stereocenters. The van der Waals surface area contributed by atoms with Crippen molar-refractivity contribution < 1.29 is 19.0 Å². The number of ether oxygens (including phenoxy) is 3. The van der Waals surface area contributed by atoms with E-state index in [4.69, 9.17) is 36.7 Å². The molecule has 10 nitrogen and oxygen atoms in total. The van der Waals surface area contributed by atoms with E-state index in [-0.39, 0.29) is 6.04 Å². The van der Waals surface area contributed by atoms with Crippen molar-refractivity contribution in [3.63, 3.8) is 0 Å². The van der Waals surface area contributed by atoms with Gasteiger partial charge in [-0.25, -0.2) is 0 Å². The molecular formula is C23H30N6O4. The number of methoxy groups -OCH3 is 1. The first-order chi connectivity index (χ1) is 15.9. The molecule has 8 N–H and O–H groups in total. The van der Waals surface area contributed by atoms with Gasteiger partial charge in [0, 0.05) is 38.3 Å². The van der Waals surface area contributed by atoms with Crippen LogP contribution < -0.4 is 37.3 Å². The Morgan fingerprint density at radius 2 is 2.06 bits per heavy atom. The van der Waals surface area contributed by atoms with Crippen LogP contribution in [0, 0.1) is 11.3 Å². The molecule has 0 saturated carbocycles. The lowest BCUT2D eigenvalue weighted by Gasteiger charge is -2.28. The number of nitrogens with zero attached hydrogens (tertiary/aromatic N) is 1. The summed E-state index contributed by atoms with van der Waals surface area (Å²) in [6.07, 6.45) is 2.33. The Morgan fingerprint density at radius 3 is 2.79 bits per heavy atom. The highest BCUT2D eigenvalue weighted by molar-refractivity contribution is 5.96. The number of rotatable bonds is 11. The van der Waals surface area contributed by atoms with Gasteiger partial charge in [-0.15, -0.1) is 0 Å². The lowest BCUT2D eigenvalue weighted by molar-refractivity contribution is 0.0999. The van der Waals surface area contributed by atoms with Crippen molar-refractivity contribution in [1.82, 2.24) is 0 Å². The van der Waals surface area contributed by atoms with Crippen molar-refractivity contribution >= 4 is 28.7 Å². The molecule has 1 aliphatic heterocycles. The highest BCUT2D eigenvalue weighted by atomic mass is 16.5. The van der Waals surface area contributed by atoms with Gasteiger partial charge in [0.15, 0.2) is 0 Å². The molecule has 10 heteroatoms. The Labute approximate surface area is 193 Å². The summed E-state index contributed by atoms with van der Waals surface area (Å²) in [6.45, 7) is 2.09. The summed E-state index contributed by atoms with van der Waals surface area (Å²) in [7, 11) is 1.63. The Balaban J connectivity index is 1.58. The summed E-state index contributed by atoms with van der Waals surface area (Å²) in [4.78, 5) is 11.6. The quantitative estimate of drug-likeness (QED) is 0.252. The summed E-state index contributed by atoms with van der Waals surface area (Å²) >= 11 is 0. The third-order valence-electron chi connectivity index (χ3n) is 5.25. The number of nitrogen functional groups attached to an aromatic ring is 2. The minimum absolute atomic E-state index is 0.0777. The number of fused-ring (bicyclic) bond motifs is 1. The minimum Gasteiger partial charge on any atom is -0.491 e. The summed E-state index contributed by atoms with van der Waals surface area (Å²) in [5, 5.41) is 15.8. The van der Waals surface area contributed by atoms with Gasteiger partial charge in [-0.1, -0.05) is 0 Å². The average Bonchev–Trinajstić information content (AvgIpc) is 2.80. The highest BCUT2D eigenvalue weighted by Gasteiger charge is 2.21. The van der Waals surface area contributed by atoms with E-state index in [1.807, 2.05) is 0 Å². The second-order valence-electron chi connectivity index (χ2n) is 7.77. The zero-order valence-electron chi connectivity index (χ0n) is 18.6. The van der Waals surface area contributed by atoms with Crippen molar-refractivity contribution in [1.29, 1.82) is 5.26 Å². The zero-order chi connectivity index (χ0) is 23.8. The number of nitrogens with one attached hydrogen (secondary N) is 2. The number of hydrogen-bond acceptors (Lipinski definition) is 9. The number of nitriles is 1. The van der Waals surface area contributed by atoms with Crippen molar-refractivity contribution in [3.05, 3.63) is 35.4 Å². The van der Waals surface area contributed by atoms with Crippen LogP contribution in [0.15, 0.2) is 24.3 Å². The van der Waals surface area contributed by atoms with Gasteiger partial charge in [0.2, 0.25) is 5.91 Å². The molecule has 1 amide bonds. The largest absolute Gasteiger partial charge is 0.491 e. The normalized spacial score (nSPS) is 14.4. The van der Waals surface area contributed by atoms with Crippen LogP contribution in [0.25, 0.3) is 0 Å². The van der Waals surface area contributed by atoms with Crippen LogP contribution in [0.3, 0.4) is 0 Å². The number of carbonyl (C=O) groups is 1. The molecule has 0 spiro atoms. The minimum atomic E-state index is -0.570. The second kappa shape index (κ2) is 11.2. The molecule has 0 bridgehead atoms. The average molecular weight is 455 g/mol. The fraction of sp³-hybridized carbons (Fsp3) is 0.391. The summed E-state index contributed by atoms with van der Waals surface area (Å²) < 4.78 is 16.7. The number of primary amides is 1. The number of hydrogen-bond donors (Lipinski definition) is 5. The molecule has 0 fully saturated rings. The fourth-order valence-electron chi connectivity index (χ4n) is 3.59. The van der Waals surface area contributed by atoms with Crippen LogP contribution in [0.2, 0.25) is 0 Å². The van der Waals surface area contributed by atoms with Crippen molar-refractivity contribution in [2.45, 2.75) is 25.3 Å². The van der Waals surface area contributed by atoms with Crippen molar-refractivity contribution in [3.8, 4) is 17.6 Å². The lowest BCUT2D eigenvalue weighted by atomic mass is 10.1. The number of anilines is 4. The molecule has 0 aromatic heterocycles. The first kappa shape index (κ1) is 23.8. The van der Waals surface area contributed by atoms with Gasteiger partial charge in [0.1, 0.15) is 29.5 Å². The van der Waals surface area contributed by atoms with Crippen LogP contribution in [0.4, 0.5) is 22.7 Å². The maximum atomic E-state index is 11.6. The molecule has 1 heterocycles. The number of nitrogens with two attached hydrogens (primary N) is 3. The third kappa shape index (κ3) is 6.11. The smallest absolute Gasteiger partial charge is 0.248 e. The van der Waals surface area contributed by atoms with Gasteiger partial charge in [-0.05, 0) is 31.0 Å². The van der Waals surface area contributed by atoms with E-state index in [2.05, 4.69) is 16.7 Å². The lowest BCUT2D eigenvalue weighted by Crippen LogP contribution is -2.32. The second-order valence-corrected chi connectivity index (χ2v) is 7.77. The molecule has 2 aromatic rings. The molecule has 1 aliphatic rings. The molecular weight excluding hydrogens is 424 g/mol. The number of carbonyl (C=O) groups excluding carboxylic acids is 1. The summed E-state index contributed by atoms with van der Waals surface area (Å²) in [5.41, 5.74) is 20.6. The predicted octanol–water partition coefficient (Wildman–Crippen LogP) is 2.30. The fourth-order valence-corrected chi connectivity index (χ4v) is 3.59. The standard InChI is InChI=1S/C23H30N6O4/c1-31-6-3-7-32-20-11-15(23(27)30)10-18(26)21(20)28-5-2-4-16-13-33-19-9-14(12-24)8-17(25)22(19)29-16/h8-11,16,28-29H,2-7,13,25-26H2,1H3,(H2,27,30)/t16-/m0/s1. The van der Waals surface area contributed by atoms with Crippen molar-refractivity contribution in [2.24, 2.45) is 5.73 Å². The first-order valence-corrected chi connectivity index (χ1v) is 10.7. The van der Waals surface area contributed by atoms with Gasteiger partial charge >= 0.3 is 0 Å². The van der Waals surface area contributed by atoms with Gasteiger partial charge in [-0.2, -0.15) is 5.26 Å². The number of benzene rings is 2. The van der Waals surface area contributed by atoms with Crippen LogP contribution in [-0.4, -0.2) is 45.4 Å². The summed E-state index contributed by atoms with van der Waals surface area (Å²) in [5.74, 6) is 0.507. The van der Waals surface area contributed by atoms with E-state index in [9.17, 15) is 4.79 Å². The molecule has 3 rings (SSSR count). The molecule has 0 aliphatic carbocycles. The van der Waals surface area contributed by atoms with Crippen LogP contribution >= 0.6 is 0 Å². The third-order valence-corrected chi connectivity index (χ3v) is 5.25. The topological polar surface area (TPSA) is 171 Å². The maximum Gasteiger partial charge on any atom is 0.248 e. The zero-order valence-corrected chi connectivity index (χ0v) is 18.6. The Hall–Kier alpha value is -3.84. The molecule has 33 heavy (non-hydrogen) atoms. The van der Waals surface area contributed by atoms with Crippen LogP contribution in [-0.2, 0) is 4.74 Å². The van der Waals surface area contributed by atoms with Gasteiger partial charge in [-0.3, -0.25) is 4.79 Å². The maximum absolute atomic E-state index is 11.6. The highest BCUT2D eigenvalue weighted by Crippen LogP contribution is 2.36. The van der Waals surface area contributed by atoms with E-state index in [1.54, 1.807) is 31.4 Å². The number of amides is 1. The molecule has 176 valence electrons. The Morgan fingerprint density at radius 1 is 1.24 bits per heavy atom. The Kier molecular flexibility index (Phi) is 8.05. The molecule has 1 atom stereocenters. The monoisotopic (exact) mass is 454 g/mol. The van der Waals surface area contributed by atoms with E-state index in [0.717, 1.165) is 18.5 Å². The van der Waals surface area contributed by atoms with E-state index in [1.165, 1.54) is 0 Å². The SMILES string of the molecule is COCCCOc1cc(C(N)=O)cc(N)c1NCCC[C@H]1COc2cc(C#N)cc(N)c2N1. The van der Waals surface area contributed by atoms with Crippen LogP contribution in [0.1, 0.15) is 35.2 Å². The Bertz CT molecular complexity index is 1040. The van der Waals surface area contributed by atoms with Gasteiger partial charge in [0.25, 0.3) is 0 Å². The molecule has 0 saturated heterocycles. The first-order valence-electron chi connectivity index (χ1n) is 10.7. The van der Waals surface area contributed by atoms with Gasteiger partial charge < -0.3 is 42.0 Å². The van der Waals surface area contributed by atoms with Crippen molar-refractivity contribution in [2.75, 3.05) is 55.6 Å². The summed E-state index contributed by atoms with van der Waals surface area (Å²) in [6, 6.07) is 8.60. The predicted molar refractivity (Wildman–Crippen MR) is 128 cm³/mol.